The van der Waals surface area contributed by atoms with Gasteiger partial charge in [-0.3, -0.25) is 9.78 Å². The van der Waals surface area contributed by atoms with E-state index in [0.29, 0.717) is 0 Å². The number of halogens is 3. The van der Waals surface area contributed by atoms with Gasteiger partial charge in [-0.15, -0.1) is 0 Å². The highest BCUT2D eigenvalue weighted by Gasteiger charge is 2.31. The summed E-state index contributed by atoms with van der Waals surface area (Å²) in [5.74, 6) is -0.444. The third-order valence-electron chi connectivity index (χ3n) is 2.97. The molecule has 1 heterocycles. The SMILES string of the molecule is CC(=O)Nc1ccc(-c2cc(C(F)(F)F)ccn2)c(S(N)(=O)=O)c1. The molecule has 1 amide bonds. The maximum atomic E-state index is 12.8. The Labute approximate surface area is 135 Å². The Hall–Kier alpha value is -2.46. The molecule has 24 heavy (non-hydrogen) atoms. The molecular weight excluding hydrogens is 347 g/mol. The van der Waals surface area contributed by atoms with Gasteiger partial charge in [0, 0.05) is 24.4 Å². The first-order valence-corrected chi connectivity index (χ1v) is 8.01. The molecule has 0 atom stereocenters. The van der Waals surface area contributed by atoms with Crippen LogP contribution in [0.2, 0.25) is 0 Å². The molecule has 0 saturated carbocycles. The van der Waals surface area contributed by atoms with Crippen LogP contribution in [0.15, 0.2) is 41.4 Å². The predicted molar refractivity (Wildman–Crippen MR) is 80.4 cm³/mol. The van der Waals surface area contributed by atoms with Gasteiger partial charge in [0.1, 0.15) is 0 Å². The summed E-state index contributed by atoms with van der Waals surface area (Å²) in [6.07, 6.45) is -3.68. The number of nitrogens with two attached hydrogens (primary N) is 1. The molecule has 0 aliphatic rings. The number of rotatable bonds is 3. The number of hydrogen-bond donors (Lipinski definition) is 2. The van der Waals surface area contributed by atoms with E-state index in [0.717, 1.165) is 24.4 Å². The third kappa shape index (κ3) is 4.09. The van der Waals surface area contributed by atoms with E-state index in [4.69, 9.17) is 5.14 Å². The highest BCUT2D eigenvalue weighted by Crippen LogP contribution is 2.33. The lowest BCUT2D eigenvalue weighted by atomic mass is 10.1. The van der Waals surface area contributed by atoms with Crippen molar-refractivity contribution in [2.75, 3.05) is 5.32 Å². The largest absolute Gasteiger partial charge is 0.416 e. The number of nitrogens with one attached hydrogen (secondary N) is 1. The maximum Gasteiger partial charge on any atom is 0.416 e. The molecule has 0 radical (unpaired) electrons. The summed E-state index contributed by atoms with van der Waals surface area (Å²) in [6, 6.07) is 5.13. The number of carbonyl (C=O) groups excluding carboxylic acids is 1. The van der Waals surface area contributed by atoms with Crippen LogP contribution in [-0.2, 0) is 21.0 Å². The van der Waals surface area contributed by atoms with Gasteiger partial charge in [-0.25, -0.2) is 13.6 Å². The molecule has 1 aromatic heterocycles. The molecule has 0 aliphatic carbocycles. The first-order valence-electron chi connectivity index (χ1n) is 6.46. The number of amides is 1. The fourth-order valence-corrected chi connectivity index (χ4v) is 2.77. The molecule has 6 nitrogen and oxygen atoms in total. The average Bonchev–Trinajstić information content (AvgIpc) is 2.45. The van der Waals surface area contributed by atoms with Gasteiger partial charge in [0.05, 0.1) is 16.2 Å². The summed E-state index contributed by atoms with van der Waals surface area (Å²) < 4.78 is 61.9. The topological polar surface area (TPSA) is 102 Å². The summed E-state index contributed by atoms with van der Waals surface area (Å²) in [6.45, 7) is 1.22. The highest BCUT2D eigenvalue weighted by molar-refractivity contribution is 7.89. The van der Waals surface area contributed by atoms with Crippen molar-refractivity contribution in [1.29, 1.82) is 0 Å². The first kappa shape index (κ1) is 17.9. The molecule has 1 aromatic carbocycles. The fourth-order valence-electron chi connectivity index (χ4n) is 2.00. The van der Waals surface area contributed by atoms with Crippen molar-refractivity contribution < 1.29 is 26.4 Å². The molecule has 0 spiro atoms. The van der Waals surface area contributed by atoms with E-state index in [9.17, 15) is 26.4 Å². The molecule has 2 aromatic rings. The van der Waals surface area contributed by atoms with Gasteiger partial charge in [-0.2, -0.15) is 13.2 Å². The number of alkyl halides is 3. The molecule has 0 unspecified atom stereocenters. The Morgan fingerprint density at radius 3 is 2.42 bits per heavy atom. The fraction of sp³-hybridized carbons (Fsp3) is 0.143. The average molecular weight is 359 g/mol. The van der Waals surface area contributed by atoms with E-state index in [2.05, 4.69) is 10.3 Å². The molecule has 10 heteroatoms. The van der Waals surface area contributed by atoms with Gasteiger partial charge in [0.15, 0.2) is 0 Å². The van der Waals surface area contributed by atoms with Crippen LogP contribution in [0, 0.1) is 0 Å². The second-order valence-corrected chi connectivity index (χ2v) is 6.39. The van der Waals surface area contributed by atoms with Crippen LogP contribution >= 0.6 is 0 Å². The zero-order valence-corrected chi connectivity index (χ0v) is 13.1. The number of carbonyl (C=O) groups is 1. The van der Waals surface area contributed by atoms with E-state index < -0.39 is 32.6 Å². The minimum Gasteiger partial charge on any atom is -0.326 e. The molecule has 2 rings (SSSR count). The quantitative estimate of drug-likeness (QED) is 0.878. The number of pyridine rings is 1. The van der Waals surface area contributed by atoms with Crippen LogP contribution in [0.4, 0.5) is 18.9 Å². The van der Waals surface area contributed by atoms with Gasteiger partial charge >= 0.3 is 6.18 Å². The number of primary sulfonamides is 1. The van der Waals surface area contributed by atoms with E-state index in [1.165, 1.54) is 19.1 Å². The Kier molecular flexibility index (Phi) is 4.63. The monoisotopic (exact) mass is 359 g/mol. The number of nitrogens with zero attached hydrogens (tertiary/aromatic N) is 1. The van der Waals surface area contributed by atoms with Crippen LogP contribution in [0.1, 0.15) is 12.5 Å². The van der Waals surface area contributed by atoms with E-state index in [-0.39, 0.29) is 16.9 Å². The normalized spacial score (nSPS) is 12.0. The molecular formula is C14H12F3N3O3S. The number of benzene rings is 1. The van der Waals surface area contributed by atoms with Crippen molar-refractivity contribution in [2.24, 2.45) is 5.14 Å². The zero-order chi connectivity index (χ0) is 18.1. The van der Waals surface area contributed by atoms with Crippen molar-refractivity contribution >= 4 is 21.6 Å². The molecule has 0 saturated heterocycles. The van der Waals surface area contributed by atoms with Crippen LogP contribution in [-0.4, -0.2) is 19.3 Å². The summed E-state index contributed by atoms with van der Waals surface area (Å²) in [5.41, 5.74) is -1.14. The van der Waals surface area contributed by atoms with Crippen molar-refractivity contribution in [3.8, 4) is 11.3 Å². The smallest absolute Gasteiger partial charge is 0.326 e. The lowest BCUT2D eigenvalue weighted by Gasteiger charge is -2.12. The maximum absolute atomic E-state index is 12.8. The van der Waals surface area contributed by atoms with Crippen LogP contribution in [0.5, 0.6) is 0 Å². The lowest BCUT2D eigenvalue weighted by Crippen LogP contribution is -2.15. The van der Waals surface area contributed by atoms with Gasteiger partial charge in [0.2, 0.25) is 15.9 Å². The van der Waals surface area contributed by atoms with E-state index >= 15 is 0 Å². The highest BCUT2D eigenvalue weighted by atomic mass is 32.2. The van der Waals surface area contributed by atoms with Gasteiger partial charge < -0.3 is 5.32 Å². The van der Waals surface area contributed by atoms with Gasteiger partial charge in [-0.05, 0) is 30.3 Å². The van der Waals surface area contributed by atoms with Crippen molar-refractivity contribution in [2.45, 2.75) is 18.0 Å². The Balaban J connectivity index is 2.64. The second-order valence-electron chi connectivity index (χ2n) is 4.86. The molecule has 0 bridgehead atoms. The summed E-state index contributed by atoms with van der Waals surface area (Å²) in [5, 5.41) is 7.50. The minimum atomic E-state index is -4.60. The molecule has 128 valence electrons. The summed E-state index contributed by atoms with van der Waals surface area (Å²) >= 11 is 0. The van der Waals surface area contributed by atoms with Crippen LogP contribution in [0.3, 0.4) is 0 Å². The van der Waals surface area contributed by atoms with E-state index in [1.54, 1.807) is 0 Å². The Morgan fingerprint density at radius 1 is 1.21 bits per heavy atom. The predicted octanol–water partition coefficient (Wildman–Crippen LogP) is 2.37. The number of aromatic nitrogens is 1. The molecule has 0 aliphatic heterocycles. The standard InChI is InChI=1S/C14H12F3N3O3S/c1-8(21)20-10-2-3-11(13(7-10)24(18,22)23)12-6-9(4-5-19-12)14(15,16)17/h2-7H,1H3,(H,20,21)(H2,18,22,23). The molecule has 3 N–H and O–H groups in total. The van der Waals surface area contributed by atoms with Crippen molar-refractivity contribution in [3.05, 3.63) is 42.1 Å². The van der Waals surface area contributed by atoms with Crippen molar-refractivity contribution in [3.63, 3.8) is 0 Å². The number of sulfonamides is 1. The number of hydrogen-bond acceptors (Lipinski definition) is 4. The minimum absolute atomic E-state index is 0.0993. The van der Waals surface area contributed by atoms with Gasteiger partial charge in [0.25, 0.3) is 0 Å². The third-order valence-corrected chi connectivity index (χ3v) is 3.92. The summed E-state index contributed by atoms with van der Waals surface area (Å²) in [4.78, 5) is 14.4. The number of anilines is 1. The van der Waals surface area contributed by atoms with E-state index in [1.807, 2.05) is 0 Å². The Bertz CT molecular complexity index is 896. The lowest BCUT2D eigenvalue weighted by molar-refractivity contribution is -0.137. The summed E-state index contributed by atoms with van der Waals surface area (Å²) in [7, 11) is -4.26. The zero-order valence-electron chi connectivity index (χ0n) is 12.3. The van der Waals surface area contributed by atoms with Gasteiger partial charge in [-0.1, -0.05) is 0 Å². The van der Waals surface area contributed by atoms with Crippen LogP contribution in [0.25, 0.3) is 11.3 Å². The van der Waals surface area contributed by atoms with Crippen molar-refractivity contribution in [1.82, 2.24) is 4.98 Å². The van der Waals surface area contributed by atoms with Crippen LogP contribution < -0.4 is 10.5 Å². The Morgan fingerprint density at radius 2 is 1.88 bits per heavy atom. The molecule has 0 fully saturated rings. The first-order chi connectivity index (χ1) is 11.0. The second kappa shape index (κ2) is 6.21.